The largest absolute Gasteiger partial charge is 0.417 e. The molecular formula is C21H21F3N2O3S. The molecule has 0 heterocycles. The van der Waals surface area contributed by atoms with E-state index in [1.807, 2.05) is 26.0 Å². The third-order valence-corrected chi connectivity index (χ3v) is 6.04. The maximum absolute atomic E-state index is 13.1. The Bertz CT molecular complexity index is 994. The van der Waals surface area contributed by atoms with E-state index < -0.39 is 45.4 Å². The van der Waals surface area contributed by atoms with Crippen LogP contribution in [0.15, 0.2) is 47.4 Å². The van der Waals surface area contributed by atoms with Crippen molar-refractivity contribution in [2.45, 2.75) is 43.4 Å². The number of hydrogen-bond acceptors (Lipinski definition) is 4. The van der Waals surface area contributed by atoms with E-state index in [-0.39, 0.29) is 11.6 Å². The summed E-state index contributed by atoms with van der Waals surface area (Å²) in [6, 6.07) is 11.0. The summed E-state index contributed by atoms with van der Waals surface area (Å²) in [5, 5.41) is 21.5. The van der Waals surface area contributed by atoms with Crippen molar-refractivity contribution in [1.29, 1.82) is 5.26 Å². The fourth-order valence-electron chi connectivity index (χ4n) is 2.63. The number of carbonyl (C=O) groups excluding carboxylic acids is 1. The second-order valence-electron chi connectivity index (χ2n) is 7.31. The molecule has 0 aliphatic heterocycles. The summed E-state index contributed by atoms with van der Waals surface area (Å²) < 4.78 is 51.8. The molecule has 0 fully saturated rings. The topological polar surface area (TPSA) is 90.2 Å². The van der Waals surface area contributed by atoms with Crippen molar-refractivity contribution in [3.05, 3.63) is 59.2 Å². The minimum absolute atomic E-state index is 0.237. The number of hydrogen-bond donors (Lipinski definition) is 2. The highest BCUT2D eigenvalue weighted by Gasteiger charge is 2.36. The first kappa shape index (κ1) is 23.6. The molecule has 0 aliphatic rings. The Hall–Kier alpha value is -2.70. The third-order valence-electron chi connectivity index (χ3n) is 4.41. The Balaban J connectivity index is 2.16. The Labute approximate surface area is 175 Å². The predicted molar refractivity (Wildman–Crippen MR) is 107 cm³/mol. The van der Waals surface area contributed by atoms with Crippen LogP contribution >= 0.6 is 0 Å². The van der Waals surface area contributed by atoms with Crippen LogP contribution in [-0.4, -0.2) is 26.6 Å². The minimum atomic E-state index is -4.78. The van der Waals surface area contributed by atoms with Crippen molar-refractivity contribution in [2.24, 2.45) is 0 Å². The van der Waals surface area contributed by atoms with Gasteiger partial charge in [0.15, 0.2) is 5.60 Å². The maximum Gasteiger partial charge on any atom is 0.417 e. The molecule has 2 unspecified atom stereocenters. The summed E-state index contributed by atoms with van der Waals surface area (Å²) in [6.07, 6.45) is -4.78. The van der Waals surface area contributed by atoms with Gasteiger partial charge in [-0.05, 0) is 48.7 Å². The zero-order valence-electron chi connectivity index (χ0n) is 16.6. The minimum Gasteiger partial charge on any atom is -0.379 e. The number of nitrogens with one attached hydrogen (secondary N) is 1. The van der Waals surface area contributed by atoms with Gasteiger partial charge in [-0.1, -0.05) is 26.0 Å². The Morgan fingerprint density at radius 2 is 1.80 bits per heavy atom. The highest BCUT2D eigenvalue weighted by molar-refractivity contribution is 7.85. The lowest BCUT2D eigenvalue weighted by molar-refractivity contribution is -0.137. The molecule has 0 radical (unpaired) electrons. The van der Waals surface area contributed by atoms with Crippen molar-refractivity contribution in [1.82, 2.24) is 0 Å². The van der Waals surface area contributed by atoms with Crippen molar-refractivity contribution < 1.29 is 27.3 Å². The first-order valence-electron chi connectivity index (χ1n) is 8.98. The smallest absolute Gasteiger partial charge is 0.379 e. The average molecular weight is 438 g/mol. The molecule has 2 aromatic rings. The molecule has 2 atom stereocenters. The van der Waals surface area contributed by atoms with Crippen LogP contribution in [0.5, 0.6) is 0 Å². The molecule has 30 heavy (non-hydrogen) atoms. The molecular weight excluding hydrogens is 417 g/mol. The number of carbonyl (C=O) groups is 1. The lowest BCUT2D eigenvalue weighted by Crippen LogP contribution is -2.44. The molecule has 0 spiro atoms. The van der Waals surface area contributed by atoms with E-state index in [4.69, 9.17) is 5.26 Å². The molecule has 2 aromatic carbocycles. The lowest BCUT2D eigenvalue weighted by atomic mass is 10.0. The zero-order valence-corrected chi connectivity index (χ0v) is 17.4. The Morgan fingerprint density at radius 1 is 1.20 bits per heavy atom. The normalized spacial score (nSPS) is 14.6. The van der Waals surface area contributed by atoms with E-state index in [9.17, 15) is 27.3 Å². The van der Waals surface area contributed by atoms with Crippen molar-refractivity contribution in [3.63, 3.8) is 0 Å². The summed E-state index contributed by atoms with van der Waals surface area (Å²) >= 11 is 0. The van der Waals surface area contributed by atoms with Crippen molar-refractivity contribution in [3.8, 4) is 6.07 Å². The summed E-state index contributed by atoms with van der Waals surface area (Å²) in [5.41, 5.74) is -3.08. The molecule has 0 saturated heterocycles. The predicted octanol–water partition coefficient (Wildman–Crippen LogP) is 4.20. The molecule has 0 saturated carbocycles. The molecule has 9 heteroatoms. The zero-order chi connectivity index (χ0) is 22.7. The highest BCUT2D eigenvalue weighted by Crippen LogP contribution is 2.33. The number of nitrogens with zero attached hydrogens (tertiary/aromatic N) is 1. The first-order chi connectivity index (χ1) is 13.8. The van der Waals surface area contributed by atoms with Gasteiger partial charge in [0, 0.05) is 10.6 Å². The van der Waals surface area contributed by atoms with E-state index in [1.54, 1.807) is 12.1 Å². The highest BCUT2D eigenvalue weighted by atomic mass is 32.2. The van der Waals surface area contributed by atoms with E-state index >= 15 is 0 Å². The van der Waals surface area contributed by atoms with Crippen LogP contribution in [0, 0.1) is 11.3 Å². The van der Waals surface area contributed by atoms with Gasteiger partial charge in [0.05, 0.1) is 33.7 Å². The van der Waals surface area contributed by atoms with Crippen LogP contribution in [-0.2, 0) is 21.8 Å². The number of benzene rings is 2. The lowest BCUT2D eigenvalue weighted by Gasteiger charge is -2.22. The number of halogens is 3. The molecule has 2 N–H and O–H groups in total. The van der Waals surface area contributed by atoms with E-state index in [2.05, 4.69) is 5.32 Å². The second kappa shape index (κ2) is 8.98. The fraction of sp³-hybridized carbons (Fsp3) is 0.333. The summed E-state index contributed by atoms with van der Waals surface area (Å²) in [5.74, 6) is -1.16. The van der Waals surface area contributed by atoms with Gasteiger partial charge in [-0.25, -0.2) is 0 Å². The van der Waals surface area contributed by atoms with Gasteiger partial charge in [0.25, 0.3) is 5.91 Å². The van der Waals surface area contributed by atoms with Crippen LogP contribution in [0.4, 0.5) is 18.9 Å². The van der Waals surface area contributed by atoms with Crippen LogP contribution in [0.2, 0.25) is 0 Å². The third kappa shape index (κ3) is 5.68. The molecule has 2 rings (SSSR count). The average Bonchev–Trinajstić information content (AvgIpc) is 2.66. The van der Waals surface area contributed by atoms with E-state index in [1.165, 1.54) is 6.07 Å². The van der Waals surface area contributed by atoms with Crippen LogP contribution in [0.25, 0.3) is 0 Å². The van der Waals surface area contributed by atoms with Gasteiger partial charge in [-0.2, -0.15) is 18.4 Å². The molecule has 160 valence electrons. The van der Waals surface area contributed by atoms with Crippen molar-refractivity contribution in [2.75, 3.05) is 11.1 Å². The van der Waals surface area contributed by atoms with Crippen LogP contribution in [0.3, 0.4) is 0 Å². The number of nitriles is 1. The first-order valence-corrected chi connectivity index (χ1v) is 10.3. The van der Waals surface area contributed by atoms with E-state index in [0.29, 0.717) is 11.0 Å². The summed E-state index contributed by atoms with van der Waals surface area (Å²) in [7, 11) is -1.71. The quantitative estimate of drug-likeness (QED) is 0.707. The van der Waals surface area contributed by atoms with Crippen LogP contribution < -0.4 is 5.32 Å². The van der Waals surface area contributed by atoms with Crippen LogP contribution in [0.1, 0.15) is 43.4 Å². The SMILES string of the molecule is CC(C)c1ccc(S(=O)CC(C)(O)C(=O)Nc2ccc(C#N)c(C(F)(F)F)c2)cc1. The number of anilines is 1. The van der Waals surface area contributed by atoms with Gasteiger partial charge in [-0.3, -0.25) is 9.00 Å². The summed E-state index contributed by atoms with van der Waals surface area (Å²) in [4.78, 5) is 12.8. The van der Waals surface area contributed by atoms with Gasteiger partial charge < -0.3 is 10.4 Å². The van der Waals surface area contributed by atoms with Gasteiger partial charge in [0.1, 0.15) is 0 Å². The molecule has 5 nitrogen and oxygen atoms in total. The maximum atomic E-state index is 13.1. The summed E-state index contributed by atoms with van der Waals surface area (Å²) in [6.45, 7) is 5.15. The number of aliphatic hydroxyl groups is 1. The molecule has 0 aliphatic carbocycles. The Kier molecular flexibility index (Phi) is 7.06. The molecule has 0 bridgehead atoms. The fourth-order valence-corrected chi connectivity index (χ4v) is 3.88. The monoisotopic (exact) mass is 438 g/mol. The van der Waals surface area contributed by atoms with Crippen molar-refractivity contribution >= 4 is 22.4 Å². The Morgan fingerprint density at radius 3 is 2.30 bits per heavy atom. The van der Waals surface area contributed by atoms with Gasteiger partial charge >= 0.3 is 6.18 Å². The van der Waals surface area contributed by atoms with Gasteiger partial charge in [0.2, 0.25) is 0 Å². The standard InChI is InChI=1S/C21H21F3N2O3S/c1-13(2)14-5-8-17(9-6-14)30(29)12-20(3,28)19(27)26-16-7-4-15(11-25)18(10-16)21(22,23)24/h4-10,13,28H,12H2,1-3H3,(H,26,27). The second-order valence-corrected chi connectivity index (χ2v) is 8.76. The van der Waals surface area contributed by atoms with E-state index in [0.717, 1.165) is 24.6 Å². The number of rotatable bonds is 6. The number of amides is 1. The molecule has 1 amide bonds. The number of alkyl halides is 3. The van der Waals surface area contributed by atoms with Gasteiger partial charge in [-0.15, -0.1) is 0 Å². The molecule has 0 aromatic heterocycles.